The molecule has 2 N–H and O–H groups in total. The van der Waals surface area contributed by atoms with Crippen molar-refractivity contribution >= 4 is 22.9 Å². The molecule has 2 aromatic rings. The second kappa shape index (κ2) is 7.23. The van der Waals surface area contributed by atoms with Gasteiger partial charge < -0.3 is 5.73 Å². The highest BCUT2D eigenvalue weighted by Crippen LogP contribution is 2.25. The number of rotatable bonds is 6. The number of benzene rings is 1. The molecule has 0 aliphatic heterocycles. The average molecular weight is 309 g/mol. The minimum Gasteiger partial charge on any atom is -0.326 e. The minimum atomic E-state index is 0.0572. The molecule has 0 amide bonds. The van der Waals surface area contributed by atoms with Crippen LogP contribution in [0.3, 0.4) is 0 Å². The smallest absolute Gasteiger partial charge is 0.0494 e. The molecular weight excluding hydrogens is 288 g/mol. The minimum absolute atomic E-state index is 0.0572. The summed E-state index contributed by atoms with van der Waals surface area (Å²) in [6.07, 6.45) is 1.05. The number of nitrogens with two attached hydrogens (primary N) is 1. The van der Waals surface area contributed by atoms with Crippen molar-refractivity contribution in [3.63, 3.8) is 0 Å². The summed E-state index contributed by atoms with van der Waals surface area (Å²) in [7, 11) is 2.13. The van der Waals surface area contributed by atoms with Crippen LogP contribution in [0.15, 0.2) is 41.8 Å². The van der Waals surface area contributed by atoms with Gasteiger partial charge in [0.25, 0.3) is 0 Å². The summed E-state index contributed by atoms with van der Waals surface area (Å²) in [5, 5.41) is 2.88. The van der Waals surface area contributed by atoms with E-state index in [-0.39, 0.29) is 12.1 Å². The van der Waals surface area contributed by atoms with Crippen LogP contribution in [0.1, 0.15) is 23.4 Å². The summed E-state index contributed by atoms with van der Waals surface area (Å²) < 4.78 is 0. The third kappa shape index (κ3) is 4.06. The summed E-state index contributed by atoms with van der Waals surface area (Å²) in [6, 6.07) is 12.5. The van der Waals surface area contributed by atoms with Gasteiger partial charge in [-0.05, 0) is 49.5 Å². The van der Waals surface area contributed by atoms with Gasteiger partial charge in [-0.2, -0.15) is 0 Å². The van der Waals surface area contributed by atoms with Gasteiger partial charge in [-0.1, -0.05) is 29.8 Å². The van der Waals surface area contributed by atoms with Gasteiger partial charge in [0.2, 0.25) is 0 Å². The third-order valence-electron chi connectivity index (χ3n) is 3.45. The normalized spacial score (nSPS) is 14.4. The maximum Gasteiger partial charge on any atom is 0.0494 e. The molecule has 1 aromatic carbocycles. The van der Waals surface area contributed by atoms with Gasteiger partial charge in [0, 0.05) is 28.5 Å². The van der Waals surface area contributed by atoms with Crippen LogP contribution in [0.2, 0.25) is 5.02 Å². The summed E-state index contributed by atoms with van der Waals surface area (Å²) in [5.74, 6) is 0. The Bertz CT molecular complexity index is 525. The van der Waals surface area contributed by atoms with Gasteiger partial charge in [-0.3, -0.25) is 4.90 Å². The number of thiophene rings is 1. The summed E-state index contributed by atoms with van der Waals surface area (Å²) in [4.78, 5) is 3.72. The Morgan fingerprint density at radius 1 is 1.30 bits per heavy atom. The van der Waals surface area contributed by atoms with Crippen molar-refractivity contribution in [2.75, 3.05) is 13.6 Å². The standard InChI is InChI=1S/C16H21ClN2S/c1-12(18)16(13-5-3-6-14(17)11-13)19(2)9-8-15-7-4-10-20-15/h3-7,10-12,16H,8-9,18H2,1-2H3. The van der Waals surface area contributed by atoms with Crippen LogP contribution < -0.4 is 5.73 Å². The van der Waals surface area contributed by atoms with Crippen LogP contribution in [-0.2, 0) is 6.42 Å². The molecule has 2 rings (SSSR count). The second-order valence-electron chi connectivity index (χ2n) is 5.17. The van der Waals surface area contributed by atoms with Crippen LogP contribution in [-0.4, -0.2) is 24.5 Å². The lowest BCUT2D eigenvalue weighted by Crippen LogP contribution is -2.38. The highest BCUT2D eigenvalue weighted by molar-refractivity contribution is 7.09. The lowest BCUT2D eigenvalue weighted by Gasteiger charge is -2.31. The van der Waals surface area contributed by atoms with Crippen molar-refractivity contribution in [1.82, 2.24) is 4.90 Å². The Kier molecular flexibility index (Phi) is 5.61. The van der Waals surface area contributed by atoms with Crippen LogP contribution >= 0.6 is 22.9 Å². The first-order chi connectivity index (χ1) is 9.58. The number of likely N-dealkylation sites (N-methyl/N-ethyl adjacent to an activating group) is 1. The number of hydrogen-bond donors (Lipinski definition) is 1. The van der Waals surface area contributed by atoms with Crippen LogP contribution in [0.25, 0.3) is 0 Å². The van der Waals surface area contributed by atoms with Crippen molar-refractivity contribution in [2.24, 2.45) is 5.73 Å². The van der Waals surface area contributed by atoms with Gasteiger partial charge in [-0.15, -0.1) is 11.3 Å². The zero-order chi connectivity index (χ0) is 14.5. The molecule has 108 valence electrons. The van der Waals surface area contributed by atoms with Gasteiger partial charge in [-0.25, -0.2) is 0 Å². The molecule has 0 bridgehead atoms. The number of hydrogen-bond acceptors (Lipinski definition) is 3. The van der Waals surface area contributed by atoms with E-state index in [0.717, 1.165) is 18.0 Å². The molecule has 1 heterocycles. The Morgan fingerprint density at radius 2 is 2.10 bits per heavy atom. The maximum absolute atomic E-state index is 6.19. The number of halogens is 1. The van der Waals surface area contributed by atoms with E-state index in [1.807, 2.05) is 25.1 Å². The van der Waals surface area contributed by atoms with E-state index in [1.165, 1.54) is 10.4 Å². The summed E-state index contributed by atoms with van der Waals surface area (Å²) >= 11 is 7.90. The van der Waals surface area contributed by atoms with Gasteiger partial charge in [0.1, 0.15) is 0 Å². The monoisotopic (exact) mass is 308 g/mol. The number of nitrogens with zero attached hydrogens (tertiary/aromatic N) is 1. The average Bonchev–Trinajstić information content (AvgIpc) is 2.89. The molecule has 20 heavy (non-hydrogen) atoms. The van der Waals surface area contributed by atoms with Crippen LogP contribution in [0, 0.1) is 0 Å². The molecule has 0 aliphatic carbocycles. The first-order valence-corrected chi connectivity index (χ1v) is 8.07. The molecule has 0 fully saturated rings. The van der Waals surface area contributed by atoms with Gasteiger partial charge in [0.15, 0.2) is 0 Å². The largest absolute Gasteiger partial charge is 0.326 e. The van der Waals surface area contributed by atoms with E-state index >= 15 is 0 Å². The van der Waals surface area contributed by atoms with E-state index < -0.39 is 0 Å². The van der Waals surface area contributed by atoms with Crippen molar-refractivity contribution in [3.05, 3.63) is 57.2 Å². The molecule has 4 heteroatoms. The quantitative estimate of drug-likeness (QED) is 0.875. The Hall–Kier alpha value is -0.870. The summed E-state index contributed by atoms with van der Waals surface area (Å²) in [5.41, 5.74) is 7.37. The fraction of sp³-hybridized carbons (Fsp3) is 0.375. The predicted molar refractivity (Wildman–Crippen MR) is 88.5 cm³/mol. The van der Waals surface area contributed by atoms with E-state index in [4.69, 9.17) is 17.3 Å². The van der Waals surface area contributed by atoms with Gasteiger partial charge >= 0.3 is 0 Å². The van der Waals surface area contributed by atoms with E-state index in [2.05, 4.69) is 35.5 Å². The lowest BCUT2D eigenvalue weighted by atomic mass is 9.99. The molecule has 0 saturated heterocycles. The highest BCUT2D eigenvalue weighted by Gasteiger charge is 2.21. The lowest BCUT2D eigenvalue weighted by molar-refractivity contribution is 0.222. The second-order valence-corrected chi connectivity index (χ2v) is 6.64. The topological polar surface area (TPSA) is 29.3 Å². The van der Waals surface area contributed by atoms with E-state index in [1.54, 1.807) is 11.3 Å². The molecule has 0 spiro atoms. The molecule has 2 atom stereocenters. The molecular formula is C16H21ClN2S. The first-order valence-electron chi connectivity index (χ1n) is 6.81. The van der Waals surface area contributed by atoms with Gasteiger partial charge in [0.05, 0.1) is 0 Å². The summed E-state index contributed by atoms with van der Waals surface area (Å²) in [6.45, 7) is 3.03. The van der Waals surface area contributed by atoms with Crippen molar-refractivity contribution in [2.45, 2.75) is 25.4 Å². The van der Waals surface area contributed by atoms with Crippen molar-refractivity contribution in [3.8, 4) is 0 Å². The van der Waals surface area contributed by atoms with Crippen LogP contribution in [0.4, 0.5) is 0 Å². The Labute approximate surface area is 130 Å². The highest BCUT2D eigenvalue weighted by atomic mass is 35.5. The predicted octanol–water partition coefficient (Wildman–Crippen LogP) is 3.96. The fourth-order valence-corrected chi connectivity index (χ4v) is 3.43. The zero-order valence-corrected chi connectivity index (χ0v) is 13.5. The Balaban J connectivity index is 2.07. The van der Waals surface area contributed by atoms with E-state index in [9.17, 15) is 0 Å². The molecule has 2 unspecified atom stereocenters. The molecule has 1 aromatic heterocycles. The van der Waals surface area contributed by atoms with Crippen LogP contribution in [0.5, 0.6) is 0 Å². The SMILES string of the molecule is CC(N)C(c1cccc(Cl)c1)N(C)CCc1cccs1. The molecule has 0 saturated carbocycles. The Morgan fingerprint density at radius 3 is 2.70 bits per heavy atom. The fourth-order valence-electron chi connectivity index (χ4n) is 2.53. The first kappa shape index (κ1) is 15.5. The molecule has 2 nitrogen and oxygen atoms in total. The molecule has 0 aliphatic rings. The molecule has 0 radical (unpaired) electrons. The maximum atomic E-state index is 6.19. The van der Waals surface area contributed by atoms with Crippen molar-refractivity contribution < 1.29 is 0 Å². The zero-order valence-electron chi connectivity index (χ0n) is 11.9. The van der Waals surface area contributed by atoms with Crippen molar-refractivity contribution in [1.29, 1.82) is 0 Å². The third-order valence-corrected chi connectivity index (χ3v) is 4.63. The van der Waals surface area contributed by atoms with E-state index in [0.29, 0.717) is 0 Å².